The number of Topliss-reactive ketones (excluding diaryl/α,β-unsaturated/α-hetero) is 1. The lowest BCUT2D eigenvalue weighted by Crippen LogP contribution is -2.08. The number of furan rings is 1. The van der Waals surface area contributed by atoms with E-state index in [2.05, 4.69) is 0 Å². The number of carbonyl (C=O) groups is 1. The third kappa shape index (κ3) is 1.75. The summed E-state index contributed by atoms with van der Waals surface area (Å²) in [6.07, 6.45) is 0.842. The molecule has 0 aliphatic rings. The Morgan fingerprint density at radius 3 is 2.81 bits per heavy atom. The molecule has 1 aromatic carbocycles. The lowest BCUT2D eigenvalue weighted by atomic mass is 10.0. The van der Waals surface area contributed by atoms with Crippen molar-refractivity contribution >= 4 is 16.8 Å². The van der Waals surface area contributed by atoms with Crippen molar-refractivity contribution in [1.82, 2.24) is 0 Å². The van der Waals surface area contributed by atoms with E-state index in [1.165, 1.54) is 0 Å². The second-order valence-electron chi connectivity index (χ2n) is 4.27. The summed E-state index contributed by atoms with van der Waals surface area (Å²) in [4.78, 5) is 12.0. The first-order valence-corrected chi connectivity index (χ1v) is 5.67. The number of ketones is 1. The molecule has 0 N–H and O–H groups in total. The molecular formula is C14H16O2. The van der Waals surface area contributed by atoms with Gasteiger partial charge in [-0.05, 0) is 31.0 Å². The van der Waals surface area contributed by atoms with Crippen molar-refractivity contribution in [3.05, 3.63) is 35.6 Å². The molecule has 0 bridgehead atoms. The number of aryl methyl sites for hydroxylation is 1. The Balaban J connectivity index is 2.48. The molecule has 1 atom stereocenters. The lowest BCUT2D eigenvalue weighted by Gasteiger charge is -2.02. The van der Waals surface area contributed by atoms with E-state index in [1.54, 1.807) is 0 Å². The maximum absolute atomic E-state index is 12.0. The van der Waals surface area contributed by atoms with Crippen molar-refractivity contribution in [1.29, 1.82) is 0 Å². The SMILES string of the molecule is CCC(C)C(=O)c1cc2c(C)cccc2o1. The zero-order chi connectivity index (χ0) is 11.7. The Bertz CT molecular complexity index is 523. The minimum Gasteiger partial charge on any atom is -0.453 e. The van der Waals surface area contributed by atoms with Crippen LogP contribution in [0.1, 0.15) is 36.4 Å². The Labute approximate surface area is 95.3 Å². The molecular weight excluding hydrogens is 200 g/mol. The van der Waals surface area contributed by atoms with Crippen LogP contribution in [-0.2, 0) is 0 Å². The van der Waals surface area contributed by atoms with Crippen LogP contribution in [0, 0.1) is 12.8 Å². The number of hydrogen-bond acceptors (Lipinski definition) is 2. The van der Waals surface area contributed by atoms with Crippen LogP contribution in [-0.4, -0.2) is 5.78 Å². The molecule has 0 radical (unpaired) electrons. The number of carbonyl (C=O) groups excluding carboxylic acids is 1. The summed E-state index contributed by atoms with van der Waals surface area (Å²) >= 11 is 0. The number of rotatable bonds is 3. The summed E-state index contributed by atoms with van der Waals surface area (Å²) < 4.78 is 5.58. The van der Waals surface area contributed by atoms with Gasteiger partial charge < -0.3 is 4.42 Å². The highest BCUT2D eigenvalue weighted by Gasteiger charge is 2.18. The van der Waals surface area contributed by atoms with Gasteiger partial charge in [0.2, 0.25) is 5.78 Å². The first kappa shape index (κ1) is 10.9. The standard InChI is InChI=1S/C14H16O2/c1-4-9(2)14(15)13-8-11-10(3)6-5-7-12(11)16-13/h5-9H,4H2,1-3H3. The minimum atomic E-state index is 0.0286. The third-order valence-electron chi connectivity index (χ3n) is 3.08. The van der Waals surface area contributed by atoms with Gasteiger partial charge in [0, 0.05) is 11.3 Å². The van der Waals surface area contributed by atoms with Gasteiger partial charge in [0.25, 0.3) is 0 Å². The van der Waals surface area contributed by atoms with Gasteiger partial charge in [-0.3, -0.25) is 4.79 Å². The molecule has 2 nitrogen and oxygen atoms in total. The average Bonchev–Trinajstić information content (AvgIpc) is 2.72. The van der Waals surface area contributed by atoms with Gasteiger partial charge in [-0.15, -0.1) is 0 Å². The van der Waals surface area contributed by atoms with Crippen LogP contribution in [0.25, 0.3) is 11.0 Å². The molecule has 0 saturated heterocycles. The molecule has 0 aliphatic carbocycles. The number of fused-ring (bicyclic) bond motifs is 1. The van der Waals surface area contributed by atoms with Crippen LogP contribution in [0.4, 0.5) is 0 Å². The van der Waals surface area contributed by atoms with E-state index in [4.69, 9.17) is 4.42 Å². The fourth-order valence-corrected chi connectivity index (χ4v) is 1.76. The second kappa shape index (κ2) is 4.12. The molecule has 1 aromatic heterocycles. The first-order valence-electron chi connectivity index (χ1n) is 5.67. The maximum atomic E-state index is 12.0. The van der Waals surface area contributed by atoms with Crippen molar-refractivity contribution in [3.63, 3.8) is 0 Å². The van der Waals surface area contributed by atoms with E-state index in [-0.39, 0.29) is 11.7 Å². The van der Waals surface area contributed by atoms with E-state index in [9.17, 15) is 4.79 Å². The highest BCUT2D eigenvalue weighted by atomic mass is 16.3. The highest BCUT2D eigenvalue weighted by molar-refractivity contribution is 5.99. The summed E-state index contributed by atoms with van der Waals surface area (Å²) in [6.45, 7) is 5.97. The maximum Gasteiger partial charge on any atom is 0.200 e. The topological polar surface area (TPSA) is 30.2 Å². The highest BCUT2D eigenvalue weighted by Crippen LogP contribution is 2.24. The van der Waals surface area contributed by atoms with E-state index >= 15 is 0 Å². The molecule has 0 amide bonds. The Morgan fingerprint density at radius 1 is 1.44 bits per heavy atom. The van der Waals surface area contributed by atoms with Gasteiger partial charge in [0.1, 0.15) is 5.58 Å². The van der Waals surface area contributed by atoms with Gasteiger partial charge >= 0.3 is 0 Å². The van der Waals surface area contributed by atoms with Gasteiger partial charge in [-0.25, -0.2) is 0 Å². The van der Waals surface area contributed by atoms with E-state index in [0.717, 1.165) is 23.0 Å². The Morgan fingerprint density at radius 2 is 2.19 bits per heavy atom. The van der Waals surface area contributed by atoms with Crippen molar-refractivity contribution in [2.75, 3.05) is 0 Å². The molecule has 0 aliphatic heterocycles. The Kier molecular flexibility index (Phi) is 2.82. The molecule has 0 spiro atoms. The molecule has 84 valence electrons. The predicted molar refractivity (Wildman–Crippen MR) is 64.7 cm³/mol. The van der Waals surface area contributed by atoms with Crippen LogP contribution in [0.3, 0.4) is 0 Å². The zero-order valence-electron chi connectivity index (χ0n) is 9.91. The molecule has 2 aromatic rings. The van der Waals surface area contributed by atoms with Crippen LogP contribution in [0.15, 0.2) is 28.7 Å². The summed E-state index contributed by atoms with van der Waals surface area (Å²) in [5.74, 6) is 0.609. The first-order chi connectivity index (χ1) is 7.63. The van der Waals surface area contributed by atoms with Gasteiger partial charge in [-0.2, -0.15) is 0 Å². The smallest absolute Gasteiger partial charge is 0.200 e. The van der Waals surface area contributed by atoms with E-state index < -0.39 is 0 Å². The van der Waals surface area contributed by atoms with Crippen molar-refractivity contribution in [2.24, 2.45) is 5.92 Å². The minimum absolute atomic E-state index is 0.0286. The molecule has 16 heavy (non-hydrogen) atoms. The molecule has 0 saturated carbocycles. The van der Waals surface area contributed by atoms with Crippen LogP contribution in [0.2, 0.25) is 0 Å². The summed E-state index contributed by atoms with van der Waals surface area (Å²) in [6, 6.07) is 7.73. The van der Waals surface area contributed by atoms with Crippen molar-refractivity contribution < 1.29 is 9.21 Å². The van der Waals surface area contributed by atoms with Crippen molar-refractivity contribution in [2.45, 2.75) is 27.2 Å². The zero-order valence-corrected chi connectivity index (χ0v) is 9.91. The molecule has 1 unspecified atom stereocenters. The van der Waals surface area contributed by atoms with Gasteiger partial charge in [0.05, 0.1) is 0 Å². The molecule has 2 heteroatoms. The van der Waals surface area contributed by atoms with Gasteiger partial charge in [0.15, 0.2) is 5.76 Å². The Hall–Kier alpha value is -1.57. The van der Waals surface area contributed by atoms with E-state index in [0.29, 0.717) is 5.76 Å². The molecule has 2 rings (SSSR count). The second-order valence-corrected chi connectivity index (χ2v) is 4.27. The number of hydrogen-bond donors (Lipinski definition) is 0. The normalized spacial score (nSPS) is 12.9. The van der Waals surface area contributed by atoms with Crippen LogP contribution < -0.4 is 0 Å². The number of benzene rings is 1. The van der Waals surface area contributed by atoms with Crippen LogP contribution in [0.5, 0.6) is 0 Å². The summed E-state index contributed by atoms with van der Waals surface area (Å²) in [5.41, 5.74) is 1.94. The predicted octanol–water partition coefficient (Wildman–Crippen LogP) is 3.97. The van der Waals surface area contributed by atoms with Crippen LogP contribution >= 0.6 is 0 Å². The quantitative estimate of drug-likeness (QED) is 0.727. The fraction of sp³-hybridized carbons (Fsp3) is 0.357. The lowest BCUT2D eigenvalue weighted by molar-refractivity contribution is 0.0901. The van der Waals surface area contributed by atoms with Crippen molar-refractivity contribution in [3.8, 4) is 0 Å². The molecule has 0 fully saturated rings. The third-order valence-corrected chi connectivity index (χ3v) is 3.08. The molecule has 1 heterocycles. The summed E-state index contributed by atoms with van der Waals surface area (Å²) in [7, 11) is 0. The van der Waals surface area contributed by atoms with Gasteiger partial charge in [-0.1, -0.05) is 26.0 Å². The largest absolute Gasteiger partial charge is 0.453 e. The fourth-order valence-electron chi connectivity index (χ4n) is 1.76. The monoisotopic (exact) mass is 216 g/mol. The van der Waals surface area contributed by atoms with E-state index in [1.807, 2.05) is 45.0 Å². The summed E-state index contributed by atoms with van der Waals surface area (Å²) in [5, 5.41) is 1.04. The average molecular weight is 216 g/mol.